The molecule has 1 amide bonds. The van der Waals surface area contributed by atoms with Gasteiger partial charge in [-0.25, -0.2) is 9.59 Å². The van der Waals surface area contributed by atoms with Gasteiger partial charge in [0.05, 0.1) is 31.5 Å². The van der Waals surface area contributed by atoms with E-state index in [4.69, 9.17) is 0 Å². The molecule has 1 heterocycles. The molecule has 2 N–H and O–H groups in total. The van der Waals surface area contributed by atoms with E-state index < -0.39 is 11.9 Å². The van der Waals surface area contributed by atoms with Gasteiger partial charge in [0.2, 0.25) is 0 Å². The van der Waals surface area contributed by atoms with E-state index in [9.17, 15) is 14.4 Å². The summed E-state index contributed by atoms with van der Waals surface area (Å²) in [6.45, 7) is 0.429. The number of carbonyl (C=O) groups is 3. The van der Waals surface area contributed by atoms with Crippen LogP contribution in [0.5, 0.6) is 0 Å². The lowest BCUT2D eigenvalue weighted by Crippen LogP contribution is -2.18. The highest BCUT2D eigenvalue weighted by Crippen LogP contribution is 2.25. The first-order chi connectivity index (χ1) is 10.1. The number of nitrogens with one attached hydrogen (secondary N) is 2. The summed E-state index contributed by atoms with van der Waals surface area (Å²) in [6, 6.07) is 5.19. The first kappa shape index (κ1) is 14.6. The van der Waals surface area contributed by atoms with Crippen LogP contribution in [-0.4, -0.2) is 32.1 Å². The minimum Gasteiger partial charge on any atom is -0.466 e. The Kier molecular flexibility index (Phi) is 4.22. The highest BCUT2D eigenvalue weighted by atomic mass is 16.5. The van der Waals surface area contributed by atoms with Crippen molar-refractivity contribution < 1.29 is 23.9 Å². The number of hydrogen-bond donors (Lipinski definition) is 2. The summed E-state index contributed by atoms with van der Waals surface area (Å²) in [5, 5.41) is 5.44. The predicted octanol–water partition coefficient (Wildman–Crippen LogP) is 0.572. The first-order valence-electron chi connectivity index (χ1n) is 6.12. The molecule has 0 saturated heterocycles. The maximum atomic E-state index is 11.8. The van der Waals surface area contributed by atoms with Gasteiger partial charge in [0.1, 0.15) is 5.70 Å². The van der Waals surface area contributed by atoms with Crippen LogP contribution in [0.1, 0.15) is 15.9 Å². The average molecular weight is 290 g/mol. The fraction of sp³-hybridized carbons (Fsp3) is 0.214. The van der Waals surface area contributed by atoms with Crippen LogP contribution >= 0.6 is 0 Å². The molecule has 0 radical (unpaired) electrons. The second kappa shape index (κ2) is 6.08. The van der Waals surface area contributed by atoms with E-state index in [0.29, 0.717) is 17.8 Å². The molecule has 1 aromatic carbocycles. The highest BCUT2D eigenvalue weighted by Gasteiger charge is 2.24. The van der Waals surface area contributed by atoms with E-state index in [-0.39, 0.29) is 11.6 Å². The summed E-state index contributed by atoms with van der Waals surface area (Å²) in [7, 11) is 2.39. The molecule has 1 aromatic rings. The number of carbonyl (C=O) groups excluding carboxylic acids is 3. The molecule has 0 unspecified atom stereocenters. The number of fused-ring (bicyclic) bond motifs is 1. The number of anilines is 1. The van der Waals surface area contributed by atoms with E-state index in [0.717, 1.165) is 11.6 Å². The molecule has 21 heavy (non-hydrogen) atoms. The minimum atomic E-state index is -0.739. The van der Waals surface area contributed by atoms with Gasteiger partial charge in [-0.3, -0.25) is 4.79 Å². The Balaban J connectivity index is 2.37. The molecule has 0 spiro atoms. The molecule has 7 nitrogen and oxygen atoms in total. The Morgan fingerprint density at radius 1 is 1.29 bits per heavy atom. The van der Waals surface area contributed by atoms with Crippen LogP contribution in [0, 0.1) is 0 Å². The van der Waals surface area contributed by atoms with Crippen LogP contribution in [0.2, 0.25) is 0 Å². The van der Waals surface area contributed by atoms with Crippen LogP contribution in [0.15, 0.2) is 30.0 Å². The molecule has 0 aliphatic carbocycles. The first-order valence-corrected chi connectivity index (χ1v) is 6.12. The van der Waals surface area contributed by atoms with Crippen LogP contribution in [0.3, 0.4) is 0 Å². The zero-order chi connectivity index (χ0) is 15.4. The molecule has 1 aliphatic heterocycles. The third kappa shape index (κ3) is 3.02. The third-order valence-electron chi connectivity index (χ3n) is 2.96. The van der Waals surface area contributed by atoms with Gasteiger partial charge in [-0.05, 0) is 11.6 Å². The minimum absolute atomic E-state index is 0.113. The molecule has 0 bridgehead atoms. The lowest BCUT2D eigenvalue weighted by Gasteiger charge is -2.11. The number of rotatable bonds is 4. The van der Waals surface area contributed by atoms with Crippen molar-refractivity contribution in [2.24, 2.45) is 0 Å². The Hall–Kier alpha value is -2.83. The quantitative estimate of drug-likeness (QED) is 0.622. The summed E-state index contributed by atoms with van der Waals surface area (Å²) in [6.07, 6.45) is 0.970. The largest absolute Gasteiger partial charge is 0.466 e. The van der Waals surface area contributed by atoms with E-state index in [2.05, 4.69) is 20.1 Å². The Bertz CT molecular complexity index is 636. The summed E-state index contributed by atoms with van der Waals surface area (Å²) in [5.74, 6) is -1.69. The Morgan fingerprint density at radius 2 is 2.05 bits per heavy atom. The van der Waals surface area contributed by atoms with Gasteiger partial charge < -0.3 is 20.1 Å². The number of benzene rings is 1. The second-order valence-electron chi connectivity index (χ2n) is 4.22. The summed E-state index contributed by atoms with van der Waals surface area (Å²) >= 11 is 0. The van der Waals surface area contributed by atoms with Crippen molar-refractivity contribution in [3.05, 3.63) is 41.1 Å². The molecule has 0 fully saturated rings. The number of ether oxygens (including phenoxy) is 2. The molecular weight excluding hydrogens is 276 g/mol. The molecule has 0 aromatic heterocycles. The van der Waals surface area contributed by atoms with Crippen LogP contribution in [-0.2, 0) is 25.6 Å². The SMILES string of the molecule is COC(=O)/C=C(/Nc1cccc2c1C(=O)NC2)C(=O)OC. The van der Waals surface area contributed by atoms with Crippen LogP contribution < -0.4 is 10.6 Å². The fourth-order valence-electron chi connectivity index (χ4n) is 1.96. The lowest BCUT2D eigenvalue weighted by atomic mass is 10.1. The normalized spacial score (nSPS) is 13.2. The van der Waals surface area contributed by atoms with Crippen molar-refractivity contribution >= 4 is 23.5 Å². The number of amides is 1. The highest BCUT2D eigenvalue weighted by molar-refractivity contribution is 6.05. The van der Waals surface area contributed by atoms with Gasteiger partial charge in [-0.15, -0.1) is 0 Å². The third-order valence-corrected chi connectivity index (χ3v) is 2.96. The van der Waals surface area contributed by atoms with Gasteiger partial charge in [0.15, 0.2) is 0 Å². The molecule has 0 atom stereocenters. The van der Waals surface area contributed by atoms with E-state index in [1.165, 1.54) is 14.2 Å². The smallest absolute Gasteiger partial charge is 0.354 e. The lowest BCUT2D eigenvalue weighted by molar-refractivity contribution is -0.138. The molecular formula is C14H14N2O5. The van der Waals surface area contributed by atoms with Crippen molar-refractivity contribution in [3.8, 4) is 0 Å². The predicted molar refractivity (Wildman–Crippen MR) is 73.3 cm³/mol. The Morgan fingerprint density at radius 3 is 2.71 bits per heavy atom. The van der Waals surface area contributed by atoms with E-state index in [1.807, 2.05) is 0 Å². The zero-order valence-corrected chi connectivity index (χ0v) is 11.6. The topological polar surface area (TPSA) is 93.7 Å². The standard InChI is InChI=1S/C14H14N2O5/c1-20-11(17)6-10(14(19)21-2)16-9-5-3-4-8-7-15-13(18)12(8)9/h3-6,16H,7H2,1-2H3,(H,15,18)/b10-6+. The second-order valence-corrected chi connectivity index (χ2v) is 4.22. The maximum Gasteiger partial charge on any atom is 0.354 e. The molecule has 1 aliphatic rings. The fourth-order valence-corrected chi connectivity index (χ4v) is 1.96. The number of esters is 2. The van der Waals surface area contributed by atoms with E-state index in [1.54, 1.807) is 18.2 Å². The van der Waals surface area contributed by atoms with Crippen molar-refractivity contribution in [1.82, 2.24) is 5.32 Å². The summed E-state index contributed by atoms with van der Waals surface area (Å²) in [5.41, 5.74) is 1.56. The van der Waals surface area contributed by atoms with Gasteiger partial charge >= 0.3 is 11.9 Å². The van der Waals surface area contributed by atoms with Gasteiger partial charge in [-0.2, -0.15) is 0 Å². The van der Waals surface area contributed by atoms with Crippen LogP contribution in [0.25, 0.3) is 0 Å². The zero-order valence-electron chi connectivity index (χ0n) is 11.6. The number of methoxy groups -OCH3 is 2. The van der Waals surface area contributed by atoms with Crippen molar-refractivity contribution in [1.29, 1.82) is 0 Å². The monoisotopic (exact) mass is 290 g/mol. The van der Waals surface area contributed by atoms with E-state index >= 15 is 0 Å². The molecule has 7 heteroatoms. The average Bonchev–Trinajstić information content (AvgIpc) is 2.88. The van der Waals surface area contributed by atoms with Crippen LogP contribution in [0.4, 0.5) is 5.69 Å². The van der Waals surface area contributed by atoms with Crippen molar-refractivity contribution in [2.75, 3.05) is 19.5 Å². The summed E-state index contributed by atoms with van der Waals surface area (Å²) in [4.78, 5) is 34.8. The van der Waals surface area contributed by atoms with Crippen molar-refractivity contribution in [2.45, 2.75) is 6.54 Å². The van der Waals surface area contributed by atoms with Crippen molar-refractivity contribution in [3.63, 3.8) is 0 Å². The van der Waals surface area contributed by atoms with Gasteiger partial charge in [0, 0.05) is 6.54 Å². The summed E-state index contributed by atoms with van der Waals surface area (Å²) < 4.78 is 9.08. The maximum absolute atomic E-state index is 11.8. The molecule has 110 valence electrons. The van der Waals surface area contributed by atoms with Gasteiger partial charge in [0.25, 0.3) is 5.91 Å². The molecule has 2 rings (SSSR count). The molecule has 0 saturated carbocycles. The van der Waals surface area contributed by atoms with Gasteiger partial charge in [-0.1, -0.05) is 12.1 Å². The number of hydrogen-bond acceptors (Lipinski definition) is 6. The Labute approximate surface area is 120 Å².